The molecule has 2 N–H and O–H groups in total. The fraction of sp³-hybridized carbons (Fsp3) is 0.393. The number of nitrogens with one attached hydrogen (secondary N) is 1. The Morgan fingerprint density at radius 3 is 2.40 bits per heavy atom. The van der Waals surface area contributed by atoms with Crippen molar-refractivity contribution in [2.45, 2.75) is 32.1 Å². The van der Waals surface area contributed by atoms with E-state index in [1.54, 1.807) is 17.9 Å². The van der Waals surface area contributed by atoms with Crippen molar-refractivity contribution in [3.05, 3.63) is 71.3 Å². The van der Waals surface area contributed by atoms with Crippen LogP contribution in [0, 0.1) is 11.3 Å². The first-order chi connectivity index (χ1) is 16.9. The van der Waals surface area contributed by atoms with E-state index in [1.165, 1.54) is 11.1 Å². The molecule has 1 heterocycles. The molecule has 182 valence electrons. The molecule has 3 aliphatic rings. The number of hydrogen-bond donors (Lipinski definition) is 2. The highest BCUT2D eigenvalue weighted by molar-refractivity contribution is 5.94. The number of rotatable bonds is 6. The van der Waals surface area contributed by atoms with E-state index in [4.69, 9.17) is 4.74 Å². The van der Waals surface area contributed by atoms with E-state index in [1.807, 2.05) is 24.3 Å². The van der Waals surface area contributed by atoms with Crippen molar-refractivity contribution in [3.8, 4) is 11.1 Å². The Kier molecular flexibility index (Phi) is 6.09. The number of amides is 2. The molecule has 1 aliphatic heterocycles. The van der Waals surface area contributed by atoms with Crippen molar-refractivity contribution < 1.29 is 24.2 Å². The predicted octanol–water partition coefficient (Wildman–Crippen LogP) is 4.18. The van der Waals surface area contributed by atoms with Gasteiger partial charge in [0.1, 0.15) is 6.61 Å². The number of likely N-dealkylation sites (tertiary alicyclic amines) is 1. The molecule has 2 aromatic carbocycles. The van der Waals surface area contributed by atoms with Crippen molar-refractivity contribution in [2.24, 2.45) is 11.3 Å². The van der Waals surface area contributed by atoms with Gasteiger partial charge in [-0.2, -0.15) is 0 Å². The van der Waals surface area contributed by atoms with E-state index in [0.29, 0.717) is 18.5 Å². The molecule has 2 fully saturated rings. The number of aliphatic carboxylic acids is 1. The zero-order valence-electron chi connectivity index (χ0n) is 19.8. The Morgan fingerprint density at radius 1 is 1.11 bits per heavy atom. The van der Waals surface area contributed by atoms with Gasteiger partial charge in [0.05, 0.1) is 5.41 Å². The van der Waals surface area contributed by atoms with E-state index >= 15 is 0 Å². The predicted molar refractivity (Wildman–Crippen MR) is 131 cm³/mol. The highest BCUT2D eigenvalue weighted by atomic mass is 16.5. The molecule has 2 amide bonds. The lowest BCUT2D eigenvalue weighted by atomic mass is 9.81. The summed E-state index contributed by atoms with van der Waals surface area (Å²) in [4.78, 5) is 38.7. The molecular weight excluding hydrogens is 444 g/mol. The van der Waals surface area contributed by atoms with Gasteiger partial charge in [0.2, 0.25) is 5.91 Å². The minimum Gasteiger partial charge on any atom is -0.481 e. The van der Waals surface area contributed by atoms with E-state index in [-0.39, 0.29) is 37.4 Å². The van der Waals surface area contributed by atoms with Crippen LogP contribution in [-0.2, 0) is 14.3 Å². The Bertz CT molecular complexity index is 1160. The largest absolute Gasteiger partial charge is 0.481 e. The quantitative estimate of drug-likeness (QED) is 0.613. The summed E-state index contributed by atoms with van der Waals surface area (Å²) in [6.45, 7) is 2.83. The maximum Gasteiger partial charge on any atom is 0.407 e. The Balaban J connectivity index is 1.14. The summed E-state index contributed by atoms with van der Waals surface area (Å²) in [5.41, 5.74) is 4.34. The van der Waals surface area contributed by atoms with Gasteiger partial charge in [0, 0.05) is 31.1 Å². The SMILES string of the molecule is C/C(=C\CNC(=O)OCC1c2ccccc2-c2ccccc21)C(=O)N1CC2CCCC2(C(=O)O)C1. The van der Waals surface area contributed by atoms with Gasteiger partial charge in [-0.05, 0) is 47.9 Å². The third kappa shape index (κ3) is 4.09. The fourth-order valence-corrected chi connectivity index (χ4v) is 6.07. The van der Waals surface area contributed by atoms with Gasteiger partial charge in [-0.15, -0.1) is 0 Å². The van der Waals surface area contributed by atoms with Crippen LogP contribution in [0.1, 0.15) is 43.2 Å². The minimum absolute atomic E-state index is 0.0109. The first-order valence-electron chi connectivity index (χ1n) is 12.2. The second-order valence-corrected chi connectivity index (χ2v) is 9.83. The molecule has 2 aliphatic carbocycles. The van der Waals surface area contributed by atoms with Crippen LogP contribution in [0.2, 0.25) is 0 Å². The Morgan fingerprint density at radius 2 is 1.77 bits per heavy atom. The lowest BCUT2D eigenvalue weighted by Crippen LogP contribution is -2.37. The third-order valence-corrected chi connectivity index (χ3v) is 7.92. The summed E-state index contributed by atoms with van der Waals surface area (Å²) in [6, 6.07) is 16.3. The summed E-state index contributed by atoms with van der Waals surface area (Å²) in [5, 5.41) is 12.4. The number of carboxylic acid groups (broad SMARTS) is 1. The molecule has 2 aromatic rings. The van der Waals surface area contributed by atoms with Gasteiger partial charge in [-0.1, -0.05) is 61.0 Å². The minimum atomic E-state index is -0.797. The number of fused-ring (bicyclic) bond motifs is 4. The van der Waals surface area contributed by atoms with Crippen molar-refractivity contribution >= 4 is 18.0 Å². The first-order valence-corrected chi connectivity index (χ1v) is 12.2. The molecule has 1 saturated carbocycles. The van der Waals surface area contributed by atoms with Crippen molar-refractivity contribution in [1.29, 1.82) is 0 Å². The van der Waals surface area contributed by atoms with E-state index in [0.717, 1.165) is 24.0 Å². The van der Waals surface area contributed by atoms with Gasteiger partial charge in [-0.25, -0.2) is 4.79 Å². The zero-order valence-corrected chi connectivity index (χ0v) is 19.8. The van der Waals surface area contributed by atoms with Crippen LogP contribution in [-0.4, -0.2) is 54.2 Å². The lowest BCUT2D eigenvalue weighted by Gasteiger charge is -2.23. The smallest absolute Gasteiger partial charge is 0.407 e. The summed E-state index contributed by atoms with van der Waals surface area (Å²) < 4.78 is 5.53. The average molecular weight is 475 g/mol. The van der Waals surface area contributed by atoms with E-state index in [2.05, 4.69) is 29.6 Å². The van der Waals surface area contributed by atoms with Gasteiger partial charge in [0.15, 0.2) is 0 Å². The van der Waals surface area contributed by atoms with Crippen LogP contribution >= 0.6 is 0 Å². The molecule has 0 spiro atoms. The molecule has 35 heavy (non-hydrogen) atoms. The van der Waals surface area contributed by atoms with Gasteiger partial charge >= 0.3 is 12.1 Å². The number of hydrogen-bond acceptors (Lipinski definition) is 4. The van der Waals surface area contributed by atoms with Gasteiger partial charge < -0.3 is 20.1 Å². The van der Waals surface area contributed by atoms with Crippen molar-refractivity contribution in [2.75, 3.05) is 26.2 Å². The molecular formula is C28H30N2O5. The summed E-state index contributed by atoms with van der Waals surface area (Å²) in [7, 11) is 0. The molecule has 0 aromatic heterocycles. The maximum atomic E-state index is 12.9. The standard InChI is InChI=1S/C28H30N2O5/c1-18(25(31)30-15-19-7-6-13-28(19,17-30)26(32)33)12-14-29-27(34)35-16-24-22-10-4-2-8-20(22)21-9-3-5-11-23(21)24/h2-5,8-12,19,24H,6-7,13-17H2,1H3,(H,29,34)(H,32,33)/b18-12+. The molecule has 0 radical (unpaired) electrons. The highest BCUT2D eigenvalue weighted by Gasteiger charge is 2.55. The number of carbonyl (C=O) groups is 3. The van der Waals surface area contributed by atoms with Crippen LogP contribution in [0.15, 0.2) is 60.2 Å². The maximum absolute atomic E-state index is 12.9. The fourth-order valence-electron chi connectivity index (χ4n) is 6.07. The molecule has 2 atom stereocenters. The van der Waals surface area contributed by atoms with Crippen LogP contribution in [0.5, 0.6) is 0 Å². The summed E-state index contributed by atoms with van der Waals surface area (Å²) in [6.07, 6.45) is 3.50. The third-order valence-electron chi connectivity index (χ3n) is 7.92. The van der Waals surface area contributed by atoms with Crippen LogP contribution in [0.3, 0.4) is 0 Å². The van der Waals surface area contributed by atoms with Crippen LogP contribution < -0.4 is 5.32 Å². The molecule has 0 bridgehead atoms. The number of carbonyl (C=O) groups excluding carboxylic acids is 2. The van der Waals surface area contributed by atoms with Gasteiger partial charge in [-0.3, -0.25) is 9.59 Å². The molecule has 2 unspecified atom stereocenters. The Labute approximate surface area is 204 Å². The van der Waals surface area contributed by atoms with Crippen molar-refractivity contribution in [1.82, 2.24) is 10.2 Å². The molecule has 7 heteroatoms. The van der Waals surface area contributed by atoms with E-state index in [9.17, 15) is 19.5 Å². The van der Waals surface area contributed by atoms with Crippen LogP contribution in [0.25, 0.3) is 11.1 Å². The molecule has 1 saturated heterocycles. The number of alkyl carbamates (subject to hydrolysis) is 1. The molecule has 5 rings (SSSR count). The lowest BCUT2D eigenvalue weighted by molar-refractivity contribution is -0.149. The van der Waals surface area contributed by atoms with E-state index < -0.39 is 17.5 Å². The first kappa shape index (κ1) is 23.1. The normalized spacial score (nSPS) is 22.9. The second-order valence-electron chi connectivity index (χ2n) is 9.83. The summed E-state index contributed by atoms with van der Waals surface area (Å²) >= 11 is 0. The van der Waals surface area contributed by atoms with Crippen LogP contribution in [0.4, 0.5) is 4.79 Å². The summed E-state index contributed by atoms with van der Waals surface area (Å²) in [5.74, 6) is -0.956. The topological polar surface area (TPSA) is 95.9 Å². The number of benzene rings is 2. The van der Waals surface area contributed by atoms with Crippen molar-refractivity contribution in [3.63, 3.8) is 0 Å². The molecule has 7 nitrogen and oxygen atoms in total. The zero-order chi connectivity index (χ0) is 24.6. The number of nitrogens with zero attached hydrogens (tertiary/aromatic N) is 1. The monoisotopic (exact) mass is 474 g/mol. The number of ether oxygens (including phenoxy) is 1. The highest BCUT2D eigenvalue weighted by Crippen LogP contribution is 2.49. The van der Waals surface area contributed by atoms with Gasteiger partial charge in [0.25, 0.3) is 0 Å². The second kappa shape index (κ2) is 9.21. The average Bonchev–Trinajstić information content (AvgIpc) is 3.52. The number of carboxylic acids is 1. The Hall–Kier alpha value is -3.61.